The van der Waals surface area contributed by atoms with Crippen molar-refractivity contribution in [1.29, 1.82) is 0 Å². The number of hydrogen-bond acceptors (Lipinski definition) is 3. The third-order valence-corrected chi connectivity index (χ3v) is 2.61. The van der Waals surface area contributed by atoms with Gasteiger partial charge in [0.25, 0.3) is 0 Å². The molecule has 0 aliphatic rings. The van der Waals surface area contributed by atoms with E-state index in [4.69, 9.17) is 10.3 Å². The van der Waals surface area contributed by atoms with Crippen molar-refractivity contribution in [3.63, 3.8) is 0 Å². The van der Waals surface area contributed by atoms with Gasteiger partial charge < -0.3 is 10.3 Å². The summed E-state index contributed by atoms with van der Waals surface area (Å²) in [4.78, 5) is 0. The Hall–Kier alpha value is -0.990. The number of nitrogens with two attached hydrogens (primary N) is 1. The molecule has 1 aromatic rings. The largest absolute Gasteiger partial charge is 0.368 e. The Morgan fingerprint density at radius 1 is 1.43 bits per heavy atom. The summed E-state index contributed by atoms with van der Waals surface area (Å²) in [5.41, 5.74) is 6.51. The van der Waals surface area contributed by atoms with Crippen molar-refractivity contribution in [2.75, 3.05) is 5.73 Å². The average molecular weight is 196 g/mol. The highest BCUT2D eigenvalue weighted by molar-refractivity contribution is 5.26. The third kappa shape index (κ3) is 3.05. The second-order valence-electron chi connectivity index (χ2n) is 3.76. The minimum Gasteiger partial charge on any atom is -0.368 e. The standard InChI is InChI=1S/C11H20N2O/c1-3-5-6-7-9(4-2)10-8-11(12)14-13-10/h8-9H,3-7,12H2,1-2H3. The van der Waals surface area contributed by atoms with Crippen LogP contribution < -0.4 is 5.73 Å². The van der Waals surface area contributed by atoms with Crippen LogP contribution in [0.5, 0.6) is 0 Å². The molecule has 80 valence electrons. The average Bonchev–Trinajstić information content (AvgIpc) is 2.60. The summed E-state index contributed by atoms with van der Waals surface area (Å²) in [6, 6.07) is 1.85. The second-order valence-corrected chi connectivity index (χ2v) is 3.76. The molecule has 0 fully saturated rings. The minimum atomic E-state index is 0.425. The zero-order valence-corrected chi connectivity index (χ0v) is 9.12. The van der Waals surface area contributed by atoms with Crippen molar-refractivity contribution in [2.45, 2.75) is 51.9 Å². The van der Waals surface area contributed by atoms with Gasteiger partial charge in [-0.15, -0.1) is 0 Å². The van der Waals surface area contributed by atoms with Gasteiger partial charge in [0.2, 0.25) is 5.88 Å². The normalized spacial score (nSPS) is 13.0. The molecule has 0 aliphatic heterocycles. The van der Waals surface area contributed by atoms with Gasteiger partial charge in [-0.3, -0.25) is 0 Å². The number of anilines is 1. The molecule has 0 aliphatic carbocycles. The highest BCUT2D eigenvalue weighted by Gasteiger charge is 2.13. The molecule has 0 amide bonds. The molecule has 1 unspecified atom stereocenters. The minimum absolute atomic E-state index is 0.425. The fourth-order valence-electron chi connectivity index (χ4n) is 1.70. The molecule has 3 heteroatoms. The number of rotatable bonds is 6. The topological polar surface area (TPSA) is 52.0 Å². The molecule has 0 saturated heterocycles. The molecule has 14 heavy (non-hydrogen) atoms. The van der Waals surface area contributed by atoms with E-state index < -0.39 is 0 Å². The molecule has 0 spiro atoms. The summed E-state index contributed by atoms with van der Waals surface area (Å²) in [5.74, 6) is 0.941. The molecule has 0 bridgehead atoms. The lowest BCUT2D eigenvalue weighted by Crippen LogP contribution is -1.97. The molecule has 0 radical (unpaired) electrons. The van der Waals surface area contributed by atoms with E-state index >= 15 is 0 Å². The van der Waals surface area contributed by atoms with E-state index in [0.717, 1.165) is 12.1 Å². The zero-order chi connectivity index (χ0) is 10.4. The molecular formula is C11H20N2O. The SMILES string of the molecule is CCCCCC(CC)c1cc(N)on1. The van der Waals surface area contributed by atoms with Crippen LogP contribution in [0.25, 0.3) is 0 Å². The molecule has 3 nitrogen and oxygen atoms in total. The Balaban J connectivity index is 2.45. The van der Waals surface area contributed by atoms with E-state index in [1.54, 1.807) is 0 Å². The van der Waals surface area contributed by atoms with Crippen LogP contribution in [0.4, 0.5) is 5.88 Å². The van der Waals surface area contributed by atoms with Gasteiger partial charge in [-0.2, -0.15) is 0 Å². The van der Waals surface area contributed by atoms with Crippen molar-refractivity contribution < 1.29 is 4.52 Å². The predicted molar refractivity (Wildman–Crippen MR) is 58.1 cm³/mol. The van der Waals surface area contributed by atoms with E-state index in [1.807, 2.05) is 6.07 Å². The maximum Gasteiger partial charge on any atom is 0.222 e. The highest BCUT2D eigenvalue weighted by atomic mass is 16.5. The lowest BCUT2D eigenvalue weighted by molar-refractivity contribution is 0.412. The van der Waals surface area contributed by atoms with E-state index in [1.165, 1.54) is 25.7 Å². The molecule has 0 saturated carbocycles. The van der Waals surface area contributed by atoms with E-state index in [9.17, 15) is 0 Å². The Labute approximate surface area is 85.7 Å². The Morgan fingerprint density at radius 2 is 2.21 bits per heavy atom. The van der Waals surface area contributed by atoms with Crippen LogP contribution in [0.2, 0.25) is 0 Å². The molecular weight excluding hydrogens is 176 g/mol. The van der Waals surface area contributed by atoms with Crippen LogP contribution in [0.1, 0.15) is 57.6 Å². The summed E-state index contributed by atoms with van der Waals surface area (Å²) in [5, 5.41) is 3.97. The van der Waals surface area contributed by atoms with Gasteiger partial charge in [0.15, 0.2) is 0 Å². The molecule has 1 atom stereocenters. The van der Waals surface area contributed by atoms with Gasteiger partial charge in [-0.1, -0.05) is 38.3 Å². The first kappa shape index (κ1) is 11.1. The van der Waals surface area contributed by atoms with Crippen molar-refractivity contribution in [3.05, 3.63) is 11.8 Å². The Bertz CT molecular complexity index is 258. The summed E-state index contributed by atoms with van der Waals surface area (Å²) < 4.78 is 4.88. The summed E-state index contributed by atoms with van der Waals surface area (Å²) in [7, 11) is 0. The highest BCUT2D eigenvalue weighted by Crippen LogP contribution is 2.25. The fraction of sp³-hybridized carbons (Fsp3) is 0.727. The lowest BCUT2D eigenvalue weighted by atomic mass is 9.95. The van der Waals surface area contributed by atoms with E-state index in [-0.39, 0.29) is 0 Å². The number of nitrogen functional groups attached to an aromatic ring is 1. The Morgan fingerprint density at radius 3 is 2.71 bits per heavy atom. The van der Waals surface area contributed by atoms with Crippen LogP contribution in [0, 0.1) is 0 Å². The van der Waals surface area contributed by atoms with Crippen LogP contribution in [-0.4, -0.2) is 5.16 Å². The summed E-state index contributed by atoms with van der Waals surface area (Å²) in [6.45, 7) is 4.40. The second kappa shape index (κ2) is 5.68. The maximum absolute atomic E-state index is 5.50. The quantitative estimate of drug-likeness (QED) is 0.710. The van der Waals surface area contributed by atoms with Crippen LogP contribution in [0.3, 0.4) is 0 Å². The first-order chi connectivity index (χ1) is 6.77. The first-order valence-corrected chi connectivity index (χ1v) is 5.50. The zero-order valence-electron chi connectivity index (χ0n) is 9.12. The predicted octanol–water partition coefficient (Wildman–Crippen LogP) is 3.33. The number of nitrogens with zero attached hydrogens (tertiary/aromatic N) is 1. The summed E-state index contributed by atoms with van der Waals surface area (Å²) in [6.07, 6.45) is 6.12. The van der Waals surface area contributed by atoms with Gasteiger partial charge in [-0.05, 0) is 12.8 Å². The van der Waals surface area contributed by atoms with Crippen LogP contribution >= 0.6 is 0 Å². The van der Waals surface area contributed by atoms with Gasteiger partial charge in [-0.25, -0.2) is 0 Å². The molecule has 2 N–H and O–H groups in total. The summed E-state index contributed by atoms with van der Waals surface area (Å²) >= 11 is 0. The smallest absolute Gasteiger partial charge is 0.222 e. The third-order valence-electron chi connectivity index (χ3n) is 2.61. The number of aromatic nitrogens is 1. The fourth-order valence-corrected chi connectivity index (χ4v) is 1.70. The monoisotopic (exact) mass is 196 g/mol. The molecule has 1 aromatic heterocycles. The van der Waals surface area contributed by atoms with Gasteiger partial charge in [0, 0.05) is 12.0 Å². The number of hydrogen-bond donors (Lipinski definition) is 1. The van der Waals surface area contributed by atoms with Crippen LogP contribution in [0.15, 0.2) is 10.6 Å². The molecule has 1 heterocycles. The van der Waals surface area contributed by atoms with Crippen molar-refractivity contribution in [2.24, 2.45) is 0 Å². The maximum atomic E-state index is 5.50. The van der Waals surface area contributed by atoms with E-state index in [2.05, 4.69) is 19.0 Å². The Kier molecular flexibility index (Phi) is 4.50. The van der Waals surface area contributed by atoms with Crippen molar-refractivity contribution in [3.8, 4) is 0 Å². The van der Waals surface area contributed by atoms with Crippen molar-refractivity contribution in [1.82, 2.24) is 5.16 Å². The molecule has 0 aromatic carbocycles. The molecule has 1 rings (SSSR count). The van der Waals surface area contributed by atoms with Gasteiger partial charge in [0.1, 0.15) is 0 Å². The number of unbranched alkanes of at least 4 members (excludes halogenated alkanes) is 2. The van der Waals surface area contributed by atoms with E-state index in [0.29, 0.717) is 11.8 Å². The van der Waals surface area contributed by atoms with Gasteiger partial charge in [0.05, 0.1) is 5.69 Å². The lowest BCUT2D eigenvalue weighted by Gasteiger charge is -2.10. The first-order valence-electron chi connectivity index (χ1n) is 5.50. The van der Waals surface area contributed by atoms with Crippen molar-refractivity contribution >= 4 is 5.88 Å². The van der Waals surface area contributed by atoms with Crippen LogP contribution in [-0.2, 0) is 0 Å². The van der Waals surface area contributed by atoms with Gasteiger partial charge >= 0.3 is 0 Å².